The van der Waals surface area contributed by atoms with Crippen LogP contribution in [0.5, 0.6) is 0 Å². The summed E-state index contributed by atoms with van der Waals surface area (Å²) in [5, 5.41) is 3.37. The maximum Gasteiger partial charge on any atom is 0.237 e. The van der Waals surface area contributed by atoms with Crippen molar-refractivity contribution in [3.63, 3.8) is 0 Å². The first-order valence-electron chi connectivity index (χ1n) is 9.38. The summed E-state index contributed by atoms with van der Waals surface area (Å²) in [6.07, 6.45) is 10.7. The molecule has 23 heavy (non-hydrogen) atoms. The Kier molecular flexibility index (Phi) is 5.24. The summed E-state index contributed by atoms with van der Waals surface area (Å²) in [5.74, 6) is 0.651. The number of nitrogens with two attached hydrogens (primary N) is 1. The molecule has 130 valence electrons. The van der Waals surface area contributed by atoms with E-state index in [0.717, 1.165) is 44.7 Å². The summed E-state index contributed by atoms with van der Waals surface area (Å²) in [7, 11) is 0. The van der Waals surface area contributed by atoms with E-state index in [1.54, 1.807) is 4.90 Å². The van der Waals surface area contributed by atoms with Gasteiger partial charge in [0.1, 0.15) is 0 Å². The van der Waals surface area contributed by atoms with Gasteiger partial charge in [0.2, 0.25) is 11.8 Å². The molecule has 3 aliphatic rings. The van der Waals surface area contributed by atoms with E-state index in [-0.39, 0.29) is 29.7 Å². The molecule has 0 aromatic carbocycles. The van der Waals surface area contributed by atoms with Crippen molar-refractivity contribution >= 4 is 11.8 Å². The lowest BCUT2D eigenvalue weighted by Crippen LogP contribution is -2.42. The predicted octanol–water partition coefficient (Wildman–Crippen LogP) is 1.66. The fourth-order valence-electron chi connectivity index (χ4n) is 4.66. The van der Waals surface area contributed by atoms with Crippen LogP contribution < -0.4 is 11.1 Å². The lowest BCUT2D eigenvalue weighted by molar-refractivity contribution is -0.137. The molecule has 2 aliphatic carbocycles. The molecule has 5 heteroatoms. The van der Waals surface area contributed by atoms with Crippen molar-refractivity contribution in [1.82, 2.24) is 10.2 Å². The van der Waals surface area contributed by atoms with Crippen molar-refractivity contribution < 1.29 is 9.59 Å². The van der Waals surface area contributed by atoms with E-state index in [1.807, 2.05) is 0 Å². The Balaban J connectivity index is 1.55. The average Bonchev–Trinajstić information content (AvgIpc) is 3.25. The van der Waals surface area contributed by atoms with Crippen LogP contribution in [0.25, 0.3) is 0 Å². The zero-order chi connectivity index (χ0) is 16.3. The van der Waals surface area contributed by atoms with E-state index in [4.69, 9.17) is 5.73 Å². The zero-order valence-electron chi connectivity index (χ0n) is 14.2. The van der Waals surface area contributed by atoms with Gasteiger partial charge in [-0.3, -0.25) is 9.59 Å². The molecule has 1 heterocycles. The highest BCUT2D eigenvalue weighted by Gasteiger charge is 2.58. The third-order valence-electron chi connectivity index (χ3n) is 6.28. The standard InChI is InChI=1S/C18H31N3O2/c19-16(22)13-21(11-6-14-4-2-1-3-5-14)17(23)15-12-18(15)7-9-20-10-8-18/h14-15,20H,1-13H2,(H2,19,22). The van der Waals surface area contributed by atoms with Crippen LogP contribution in [-0.4, -0.2) is 42.9 Å². The predicted molar refractivity (Wildman–Crippen MR) is 89.6 cm³/mol. The molecule has 1 saturated heterocycles. The van der Waals surface area contributed by atoms with E-state index in [1.165, 1.54) is 32.1 Å². The van der Waals surface area contributed by atoms with E-state index in [2.05, 4.69) is 5.32 Å². The molecule has 0 bridgehead atoms. The van der Waals surface area contributed by atoms with Gasteiger partial charge in [0.05, 0.1) is 6.54 Å². The minimum absolute atomic E-state index is 0.0936. The molecule has 3 rings (SSSR count). The summed E-state index contributed by atoms with van der Waals surface area (Å²) >= 11 is 0. The number of carbonyl (C=O) groups excluding carboxylic acids is 2. The Morgan fingerprint density at radius 2 is 1.83 bits per heavy atom. The molecule has 0 aromatic heterocycles. The summed E-state index contributed by atoms with van der Waals surface area (Å²) < 4.78 is 0. The monoisotopic (exact) mass is 321 g/mol. The van der Waals surface area contributed by atoms with E-state index in [9.17, 15) is 9.59 Å². The number of primary amides is 1. The summed E-state index contributed by atoms with van der Waals surface area (Å²) in [5.41, 5.74) is 5.61. The highest BCUT2D eigenvalue weighted by Crippen LogP contribution is 2.59. The van der Waals surface area contributed by atoms with Crippen LogP contribution in [0.1, 0.15) is 57.8 Å². The van der Waals surface area contributed by atoms with Crippen LogP contribution >= 0.6 is 0 Å². The Bertz CT molecular complexity index is 440. The number of nitrogens with zero attached hydrogens (tertiary/aromatic N) is 1. The highest BCUT2D eigenvalue weighted by molar-refractivity contribution is 5.87. The van der Waals surface area contributed by atoms with Gasteiger partial charge in [-0.2, -0.15) is 0 Å². The van der Waals surface area contributed by atoms with Gasteiger partial charge in [0.25, 0.3) is 0 Å². The Morgan fingerprint density at radius 1 is 1.13 bits per heavy atom. The van der Waals surface area contributed by atoms with Crippen LogP contribution in [0.3, 0.4) is 0 Å². The van der Waals surface area contributed by atoms with E-state index in [0.29, 0.717) is 6.54 Å². The Morgan fingerprint density at radius 3 is 2.48 bits per heavy atom. The zero-order valence-corrected chi connectivity index (χ0v) is 14.2. The normalized spacial score (nSPS) is 26.9. The molecule has 1 atom stereocenters. The summed E-state index contributed by atoms with van der Waals surface area (Å²) in [6, 6.07) is 0. The van der Waals surface area contributed by atoms with Crippen molar-refractivity contribution in [2.24, 2.45) is 23.0 Å². The lowest BCUT2D eigenvalue weighted by Gasteiger charge is -2.28. The van der Waals surface area contributed by atoms with Crippen LogP contribution in [0.4, 0.5) is 0 Å². The lowest BCUT2D eigenvalue weighted by atomic mass is 9.87. The summed E-state index contributed by atoms with van der Waals surface area (Å²) in [4.78, 5) is 26.0. The molecule has 2 amide bonds. The maximum absolute atomic E-state index is 12.9. The molecule has 3 fully saturated rings. The third kappa shape index (κ3) is 4.06. The second kappa shape index (κ2) is 7.20. The van der Waals surface area contributed by atoms with Gasteiger partial charge < -0.3 is 16.0 Å². The van der Waals surface area contributed by atoms with Gasteiger partial charge >= 0.3 is 0 Å². The van der Waals surface area contributed by atoms with Crippen molar-refractivity contribution in [2.75, 3.05) is 26.2 Å². The van der Waals surface area contributed by atoms with Gasteiger partial charge in [-0.15, -0.1) is 0 Å². The highest BCUT2D eigenvalue weighted by atomic mass is 16.2. The van der Waals surface area contributed by atoms with E-state index < -0.39 is 0 Å². The largest absolute Gasteiger partial charge is 0.368 e. The molecule has 2 saturated carbocycles. The molecule has 1 unspecified atom stereocenters. The van der Waals surface area contributed by atoms with Crippen molar-refractivity contribution in [1.29, 1.82) is 0 Å². The first kappa shape index (κ1) is 16.7. The number of rotatable bonds is 6. The summed E-state index contributed by atoms with van der Waals surface area (Å²) in [6.45, 7) is 2.83. The van der Waals surface area contributed by atoms with E-state index >= 15 is 0 Å². The first-order valence-corrected chi connectivity index (χ1v) is 9.38. The van der Waals surface area contributed by atoms with Crippen LogP contribution in [0.15, 0.2) is 0 Å². The molecular weight excluding hydrogens is 290 g/mol. The number of hydrogen-bond acceptors (Lipinski definition) is 3. The second-order valence-corrected chi connectivity index (χ2v) is 7.89. The molecule has 0 radical (unpaired) electrons. The van der Waals surface area contributed by atoms with Crippen molar-refractivity contribution in [3.8, 4) is 0 Å². The number of hydrogen-bond donors (Lipinski definition) is 2. The molecule has 1 aliphatic heterocycles. The minimum Gasteiger partial charge on any atom is -0.368 e. The van der Waals surface area contributed by atoms with Gasteiger partial charge in [-0.25, -0.2) is 0 Å². The number of piperidine rings is 1. The topological polar surface area (TPSA) is 75.4 Å². The number of carbonyl (C=O) groups is 2. The fraction of sp³-hybridized carbons (Fsp3) is 0.889. The molecule has 0 aromatic rings. The molecule has 3 N–H and O–H groups in total. The fourth-order valence-corrected chi connectivity index (χ4v) is 4.66. The Hall–Kier alpha value is -1.10. The van der Waals surface area contributed by atoms with Crippen LogP contribution in [0, 0.1) is 17.3 Å². The van der Waals surface area contributed by atoms with Crippen molar-refractivity contribution in [3.05, 3.63) is 0 Å². The molecule has 5 nitrogen and oxygen atoms in total. The van der Waals surface area contributed by atoms with Crippen LogP contribution in [0.2, 0.25) is 0 Å². The average molecular weight is 321 g/mol. The SMILES string of the molecule is NC(=O)CN(CCC1CCCCC1)C(=O)C1CC12CCNCC2. The third-order valence-corrected chi connectivity index (χ3v) is 6.28. The maximum atomic E-state index is 12.9. The quantitative estimate of drug-likeness (QED) is 0.781. The van der Waals surface area contributed by atoms with Crippen LogP contribution in [-0.2, 0) is 9.59 Å². The van der Waals surface area contributed by atoms with Crippen molar-refractivity contribution in [2.45, 2.75) is 57.8 Å². The number of amides is 2. The van der Waals surface area contributed by atoms with Gasteiger partial charge in [0, 0.05) is 12.5 Å². The smallest absolute Gasteiger partial charge is 0.237 e. The minimum atomic E-state index is -0.387. The Labute approximate surface area is 139 Å². The molecular formula is C18H31N3O2. The first-order chi connectivity index (χ1) is 11.1. The number of nitrogens with one attached hydrogen (secondary N) is 1. The van der Waals surface area contributed by atoms with Gasteiger partial charge in [0.15, 0.2) is 0 Å². The molecule has 1 spiro atoms. The van der Waals surface area contributed by atoms with Gasteiger partial charge in [-0.05, 0) is 50.1 Å². The van der Waals surface area contributed by atoms with Gasteiger partial charge in [-0.1, -0.05) is 32.1 Å². The second-order valence-electron chi connectivity index (χ2n) is 7.89.